The van der Waals surface area contributed by atoms with E-state index in [0.29, 0.717) is 32.1 Å². The first-order valence-electron chi connectivity index (χ1n) is 7.06. The lowest BCUT2D eigenvalue weighted by Crippen LogP contribution is -2.21. The maximum absolute atomic E-state index is 10.2. The van der Waals surface area contributed by atoms with Gasteiger partial charge in [-0.25, -0.2) is 0 Å². The second-order valence-electron chi connectivity index (χ2n) is 5.06. The summed E-state index contributed by atoms with van der Waals surface area (Å²) in [6.07, 6.45) is -0.600. The molecule has 1 aromatic heterocycles. The molecule has 0 saturated carbocycles. The summed E-state index contributed by atoms with van der Waals surface area (Å²) in [5.41, 5.74) is 0.808. The molecule has 0 saturated heterocycles. The minimum absolute atomic E-state index is 0.444. The molecule has 2 heterocycles. The summed E-state index contributed by atoms with van der Waals surface area (Å²) in [6, 6.07) is 9.38. The molecular weight excluding hydrogens is 270 g/mol. The lowest BCUT2D eigenvalue weighted by Gasteiger charge is -2.20. The number of ether oxygens (including phenoxy) is 2. The Morgan fingerprint density at radius 3 is 2.71 bits per heavy atom. The van der Waals surface area contributed by atoms with Crippen LogP contribution in [0.1, 0.15) is 23.2 Å². The van der Waals surface area contributed by atoms with Crippen LogP contribution in [-0.4, -0.2) is 24.9 Å². The van der Waals surface area contributed by atoms with Gasteiger partial charge in [-0.2, -0.15) is 0 Å². The molecular formula is C16H19NO4. The lowest BCUT2D eigenvalue weighted by molar-refractivity contribution is 0.162. The fourth-order valence-electron chi connectivity index (χ4n) is 2.30. The largest absolute Gasteiger partial charge is 0.486 e. The fourth-order valence-corrected chi connectivity index (χ4v) is 2.30. The third-order valence-corrected chi connectivity index (χ3v) is 3.38. The van der Waals surface area contributed by atoms with Crippen molar-refractivity contribution in [1.82, 2.24) is 5.32 Å². The number of rotatable bonds is 5. The monoisotopic (exact) mass is 289 g/mol. The molecule has 1 aromatic carbocycles. The number of fused-ring (bicyclic) bond motifs is 1. The Balaban J connectivity index is 1.56. The van der Waals surface area contributed by atoms with E-state index in [0.717, 1.165) is 22.8 Å². The Morgan fingerprint density at radius 1 is 1.14 bits per heavy atom. The molecule has 3 rings (SSSR count). The predicted octanol–water partition coefficient (Wildman–Crippen LogP) is 2.18. The number of aryl methyl sites for hydroxylation is 1. The zero-order valence-electron chi connectivity index (χ0n) is 12.0. The first-order chi connectivity index (χ1) is 10.2. The predicted molar refractivity (Wildman–Crippen MR) is 77.5 cm³/mol. The normalized spacial score (nSPS) is 15.0. The number of benzene rings is 1. The van der Waals surface area contributed by atoms with Gasteiger partial charge in [0.15, 0.2) is 11.5 Å². The Labute approximate surface area is 123 Å². The van der Waals surface area contributed by atoms with Crippen LogP contribution in [0.2, 0.25) is 0 Å². The summed E-state index contributed by atoms with van der Waals surface area (Å²) in [6.45, 7) is 4.06. The highest BCUT2D eigenvalue weighted by Crippen LogP contribution is 2.32. The number of nitrogens with one attached hydrogen (secondary N) is 1. The molecule has 5 heteroatoms. The molecule has 0 bridgehead atoms. The van der Waals surface area contributed by atoms with Gasteiger partial charge in [0.1, 0.15) is 24.7 Å². The highest BCUT2D eigenvalue weighted by atomic mass is 16.6. The molecule has 2 N–H and O–H groups in total. The summed E-state index contributed by atoms with van der Waals surface area (Å²) in [7, 11) is 0. The van der Waals surface area contributed by atoms with Crippen LogP contribution < -0.4 is 14.8 Å². The number of furan rings is 1. The second kappa shape index (κ2) is 6.20. The van der Waals surface area contributed by atoms with Crippen molar-refractivity contribution in [3.8, 4) is 11.5 Å². The number of aliphatic hydroxyl groups is 1. The molecule has 1 aliphatic heterocycles. The van der Waals surface area contributed by atoms with Gasteiger partial charge in [0.25, 0.3) is 0 Å². The van der Waals surface area contributed by atoms with Crippen molar-refractivity contribution >= 4 is 0 Å². The molecule has 1 unspecified atom stereocenters. The molecule has 112 valence electrons. The summed E-state index contributed by atoms with van der Waals surface area (Å²) < 4.78 is 16.4. The SMILES string of the molecule is Cc1ccc(CNCC(O)c2ccc3c(c2)OCCO3)o1. The van der Waals surface area contributed by atoms with E-state index in [-0.39, 0.29) is 0 Å². The molecule has 1 aliphatic rings. The lowest BCUT2D eigenvalue weighted by atomic mass is 10.1. The third kappa shape index (κ3) is 3.37. The van der Waals surface area contributed by atoms with Crippen LogP contribution in [0.15, 0.2) is 34.7 Å². The minimum Gasteiger partial charge on any atom is -0.486 e. The average molecular weight is 289 g/mol. The van der Waals surface area contributed by atoms with Gasteiger partial charge in [0.05, 0.1) is 12.6 Å². The van der Waals surface area contributed by atoms with Crippen LogP contribution >= 0.6 is 0 Å². The molecule has 5 nitrogen and oxygen atoms in total. The maximum Gasteiger partial charge on any atom is 0.161 e. The van der Waals surface area contributed by atoms with Crippen molar-refractivity contribution in [2.45, 2.75) is 19.6 Å². The summed E-state index contributed by atoms with van der Waals surface area (Å²) in [5, 5.41) is 13.4. The number of hydrogen-bond donors (Lipinski definition) is 2. The molecule has 0 fully saturated rings. The minimum atomic E-state index is -0.600. The highest BCUT2D eigenvalue weighted by molar-refractivity contribution is 5.44. The number of aliphatic hydroxyl groups excluding tert-OH is 1. The van der Waals surface area contributed by atoms with Crippen molar-refractivity contribution in [2.24, 2.45) is 0 Å². The molecule has 21 heavy (non-hydrogen) atoms. The highest BCUT2D eigenvalue weighted by Gasteiger charge is 2.15. The Kier molecular flexibility index (Phi) is 4.13. The maximum atomic E-state index is 10.2. The van der Waals surface area contributed by atoms with Crippen LogP contribution in [0.25, 0.3) is 0 Å². The van der Waals surface area contributed by atoms with Gasteiger partial charge < -0.3 is 24.3 Å². The molecule has 0 radical (unpaired) electrons. The van der Waals surface area contributed by atoms with E-state index in [9.17, 15) is 5.11 Å². The molecule has 0 spiro atoms. The summed E-state index contributed by atoms with van der Waals surface area (Å²) in [4.78, 5) is 0. The van der Waals surface area contributed by atoms with Crippen molar-refractivity contribution in [3.05, 3.63) is 47.4 Å². The Hall–Kier alpha value is -1.98. The Morgan fingerprint density at radius 2 is 1.95 bits per heavy atom. The van der Waals surface area contributed by atoms with Gasteiger partial charge in [0, 0.05) is 6.54 Å². The molecule has 0 amide bonds. The van der Waals surface area contributed by atoms with Gasteiger partial charge in [-0.05, 0) is 36.8 Å². The van der Waals surface area contributed by atoms with Crippen LogP contribution in [-0.2, 0) is 6.54 Å². The van der Waals surface area contributed by atoms with E-state index in [4.69, 9.17) is 13.9 Å². The third-order valence-electron chi connectivity index (χ3n) is 3.38. The molecule has 0 aliphatic carbocycles. The fraction of sp³-hybridized carbons (Fsp3) is 0.375. The zero-order chi connectivity index (χ0) is 14.7. The first-order valence-corrected chi connectivity index (χ1v) is 7.06. The molecule has 2 aromatic rings. The quantitative estimate of drug-likeness (QED) is 0.883. The Bertz CT molecular complexity index is 608. The van der Waals surface area contributed by atoms with Crippen molar-refractivity contribution in [3.63, 3.8) is 0 Å². The van der Waals surface area contributed by atoms with E-state index >= 15 is 0 Å². The smallest absolute Gasteiger partial charge is 0.161 e. The van der Waals surface area contributed by atoms with Crippen molar-refractivity contribution in [1.29, 1.82) is 0 Å². The summed E-state index contributed by atoms with van der Waals surface area (Å²) in [5.74, 6) is 3.18. The van der Waals surface area contributed by atoms with E-state index in [1.165, 1.54) is 0 Å². The van der Waals surface area contributed by atoms with E-state index in [1.54, 1.807) is 0 Å². The van der Waals surface area contributed by atoms with Crippen LogP contribution in [0.5, 0.6) is 11.5 Å². The standard InChI is InChI=1S/C16H19NO4/c1-11-2-4-13(21-11)9-17-10-14(18)12-3-5-15-16(8-12)20-7-6-19-15/h2-5,8,14,17-18H,6-7,9-10H2,1H3. The van der Waals surface area contributed by atoms with Crippen LogP contribution in [0.4, 0.5) is 0 Å². The number of hydrogen-bond acceptors (Lipinski definition) is 5. The second-order valence-corrected chi connectivity index (χ2v) is 5.06. The van der Waals surface area contributed by atoms with E-state index in [1.807, 2.05) is 37.3 Å². The van der Waals surface area contributed by atoms with Crippen molar-refractivity contribution in [2.75, 3.05) is 19.8 Å². The van der Waals surface area contributed by atoms with Gasteiger partial charge in [-0.3, -0.25) is 0 Å². The zero-order valence-corrected chi connectivity index (χ0v) is 12.0. The van der Waals surface area contributed by atoms with Gasteiger partial charge >= 0.3 is 0 Å². The summed E-state index contributed by atoms with van der Waals surface area (Å²) >= 11 is 0. The van der Waals surface area contributed by atoms with Crippen molar-refractivity contribution < 1.29 is 19.0 Å². The molecule has 1 atom stereocenters. The van der Waals surface area contributed by atoms with Crippen LogP contribution in [0, 0.1) is 6.92 Å². The van der Waals surface area contributed by atoms with E-state index < -0.39 is 6.10 Å². The van der Waals surface area contributed by atoms with Gasteiger partial charge in [0.2, 0.25) is 0 Å². The topological polar surface area (TPSA) is 63.9 Å². The first kappa shape index (κ1) is 14.0. The average Bonchev–Trinajstić information content (AvgIpc) is 2.92. The van der Waals surface area contributed by atoms with Crippen LogP contribution in [0.3, 0.4) is 0 Å². The van der Waals surface area contributed by atoms with E-state index in [2.05, 4.69) is 5.32 Å². The van der Waals surface area contributed by atoms with Gasteiger partial charge in [-0.15, -0.1) is 0 Å². The van der Waals surface area contributed by atoms with Gasteiger partial charge in [-0.1, -0.05) is 6.07 Å².